The zero-order valence-corrected chi connectivity index (χ0v) is 7.11. The van der Waals surface area contributed by atoms with Crippen molar-refractivity contribution in [1.29, 1.82) is 0 Å². The molecule has 0 aromatic carbocycles. The first-order valence-corrected chi connectivity index (χ1v) is 3.34. The SMILES string of the molecule is CON(C)C(=O)[C@H](N)CC(N)=O. The Morgan fingerprint density at radius 1 is 1.58 bits per heavy atom. The van der Waals surface area contributed by atoms with Crippen molar-refractivity contribution in [2.24, 2.45) is 11.5 Å². The first-order valence-electron chi connectivity index (χ1n) is 3.34. The molecule has 4 N–H and O–H groups in total. The van der Waals surface area contributed by atoms with Gasteiger partial charge in [-0.3, -0.25) is 14.4 Å². The molecule has 0 heterocycles. The number of nitrogens with two attached hydrogens (primary N) is 2. The number of hydroxylamine groups is 2. The number of likely N-dealkylation sites (N-methyl/N-ethyl adjacent to an activating group) is 1. The summed E-state index contributed by atoms with van der Waals surface area (Å²) in [6.07, 6.45) is -0.174. The van der Waals surface area contributed by atoms with Gasteiger partial charge in [0.15, 0.2) is 0 Å². The van der Waals surface area contributed by atoms with Gasteiger partial charge >= 0.3 is 0 Å². The monoisotopic (exact) mass is 175 g/mol. The van der Waals surface area contributed by atoms with Crippen molar-refractivity contribution < 1.29 is 14.4 Å². The molecule has 0 rings (SSSR count). The van der Waals surface area contributed by atoms with Crippen molar-refractivity contribution in [1.82, 2.24) is 5.06 Å². The van der Waals surface area contributed by atoms with E-state index >= 15 is 0 Å². The number of rotatable bonds is 4. The Balaban J connectivity index is 4.01. The number of hydrogen-bond acceptors (Lipinski definition) is 4. The quantitative estimate of drug-likeness (QED) is 0.493. The van der Waals surface area contributed by atoms with E-state index in [0.717, 1.165) is 5.06 Å². The van der Waals surface area contributed by atoms with E-state index in [1.165, 1.54) is 14.2 Å². The van der Waals surface area contributed by atoms with E-state index < -0.39 is 17.9 Å². The van der Waals surface area contributed by atoms with Gasteiger partial charge in [0.25, 0.3) is 5.91 Å². The maximum absolute atomic E-state index is 11.1. The van der Waals surface area contributed by atoms with E-state index in [1.807, 2.05) is 0 Å². The summed E-state index contributed by atoms with van der Waals surface area (Å²) in [4.78, 5) is 26.0. The molecule has 6 heteroatoms. The summed E-state index contributed by atoms with van der Waals surface area (Å²) in [5.41, 5.74) is 10.2. The van der Waals surface area contributed by atoms with Gasteiger partial charge in [0.2, 0.25) is 5.91 Å². The average Bonchev–Trinajstić information content (AvgIpc) is 2.00. The zero-order chi connectivity index (χ0) is 9.72. The van der Waals surface area contributed by atoms with Gasteiger partial charge in [-0.25, -0.2) is 5.06 Å². The van der Waals surface area contributed by atoms with Crippen LogP contribution in [0.2, 0.25) is 0 Å². The standard InChI is InChI=1S/C6H13N3O3/c1-9(12-2)6(11)4(7)3-5(8)10/h4H,3,7H2,1-2H3,(H2,8,10)/t4-/m1/s1. The van der Waals surface area contributed by atoms with Gasteiger partial charge in [-0.05, 0) is 0 Å². The van der Waals surface area contributed by atoms with E-state index in [1.54, 1.807) is 0 Å². The molecule has 0 aliphatic rings. The topological polar surface area (TPSA) is 98.7 Å². The van der Waals surface area contributed by atoms with Crippen molar-refractivity contribution in [3.8, 4) is 0 Å². The molecule has 1 atom stereocenters. The Bertz CT molecular complexity index is 183. The van der Waals surface area contributed by atoms with Crippen LogP contribution in [0.25, 0.3) is 0 Å². The highest BCUT2D eigenvalue weighted by atomic mass is 16.7. The van der Waals surface area contributed by atoms with Gasteiger partial charge in [-0.15, -0.1) is 0 Å². The third kappa shape index (κ3) is 3.31. The summed E-state index contributed by atoms with van der Waals surface area (Å²) in [6.45, 7) is 0. The molecule has 0 fully saturated rings. The van der Waals surface area contributed by atoms with Crippen LogP contribution >= 0.6 is 0 Å². The predicted molar refractivity (Wildman–Crippen MR) is 41.6 cm³/mol. The molecule has 70 valence electrons. The van der Waals surface area contributed by atoms with Crippen molar-refractivity contribution in [3.05, 3.63) is 0 Å². The minimum Gasteiger partial charge on any atom is -0.370 e. The number of nitrogens with zero attached hydrogens (tertiary/aromatic N) is 1. The molecule has 0 aromatic heterocycles. The van der Waals surface area contributed by atoms with Gasteiger partial charge in [0.05, 0.1) is 19.6 Å². The summed E-state index contributed by atoms with van der Waals surface area (Å²) in [7, 11) is 2.73. The first kappa shape index (κ1) is 10.9. The molecular weight excluding hydrogens is 162 g/mol. The lowest BCUT2D eigenvalue weighted by atomic mass is 10.2. The van der Waals surface area contributed by atoms with Crippen LogP contribution in [0.1, 0.15) is 6.42 Å². The van der Waals surface area contributed by atoms with Crippen LogP contribution in [0.3, 0.4) is 0 Å². The van der Waals surface area contributed by atoms with E-state index in [0.29, 0.717) is 0 Å². The van der Waals surface area contributed by atoms with Gasteiger partial charge in [-0.2, -0.15) is 0 Å². The lowest BCUT2D eigenvalue weighted by Crippen LogP contribution is -2.43. The smallest absolute Gasteiger partial charge is 0.263 e. The second-order valence-electron chi connectivity index (χ2n) is 2.30. The Kier molecular flexibility index (Phi) is 4.24. The van der Waals surface area contributed by atoms with Crippen LogP contribution in [-0.2, 0) is 14.4 Å². The molecule has 12 heavy (non-hydrogen) atoms. The Labute approximate surface area is 70.4 Å². The largest absolute Gasteiger partial charge is 0.370 e. The third-order valence-electron chi connectivity index (χ3n) is 1.32. The summed E-state index contributed by atoms with van der Waals surface area (Å²) in [6, 6.07) is -0.924. The maximum atomic E-state index is 11.1. The van der Waals surface area contributed by atoms with Gasteiger partial charge in [-0.1, -0.05) is 0 Å². The molecule has 0 radical (unpaired) electrons. The second kappa shape index (κ2) is 4.68. The van der Waals surface area contributed by atoms with Crippen LogP contribution in [0, 0.1) is 0 Å². The lowest BCUT2D eigenvalue weighted by Gasteiger charge is -2.17. The summed E-state index contributed by atoms with van der Waals surface area (Å²) >= 11 is 0. The van der Waals surface area contributed by atoms with Gasteiger partial charge < -0.3 is 11.5 Å². The van der Waals surface area contributed by atoms with Crippen molar-refractivity contribution in [3.63, 3.8) is 0 Å². The molecule has 0 unspecified atom stereocenters. The number of amides is 2. The average molecular weight is 175 g/mol. The van der Waals surface area contributed by atoms with E-state index in [2.05, 4.69) is 4.84 Å². The van der Waals surface area contributed by atoms with Crippen LogP contribution in [0.4, 0.5) is 0 Å². The van der Waals surface area contributed by atoms with Gasteiger partial charge in [0.1, 0.15) is 0 Å². The van der Waals surface area contributed by atoms with Crippen LogP contribution < -0.4 is 11.5 Å². The summed E-state index contributed by atoms with van der Waals surface area (Å²) in [5.74, 6) is -1.09. The van der Waals surface area contributed by atoms with Crippen LogP contribution in [-0.4, -0.2) is 37.1 Å². The highest BCUT2D eigenvalue weighted by molar-refractivity contribution is 5.86. The minimum atomic E-state index is -0.924. The van der Waals surface area contributed by atoms with Crippen LogP contribution in [0.15, 0.2) is 0 Å². The number of hydrogen-bond donors (Lipinski definition) is 2. The molecule has 0 bridgehead atoms. The molecule has 0 saturated heterocycles. The normalized spacial score (nSPS) is 12.2. The molecule has 0 aliphatic heterocycles. The third-order valence-corrected chi connectivity index (χ3v) is 1.32. The molecule has 0 aromatic rings. The highest BCUT2D eigenvalue weighted by Gasteiger charge is 2.19. The minimum absolute atomic E-state index is 0.174. The number of carbonyl (C=O) groups excluding carboxylic acids is 2. The molecule has 0 saturated carbocycles. The number of carbonyl (C=O) groups is 2. The van der Waals surface area contributed by atoms with Gasteiger partial charge in [0, 0.05) is 7.05 Å². The molecular formula is C6H13N3O3. The Hall–Kier alpha value is -1.14. The molecule has 6 nitrogen and oxygen atoms in total. The predicted octanol–water partition coefficient (Wildman–Crippen LogP) is -1.79. The van der Waals surface area contributed by atoms with Crippen LogP contribution in [0.5, 0.6) is 0 Å². The fourth-order valence-corrected chi connectivity index (χ4v) is 0.628. The molecule has 0 aliphatic carbocycles. The Morgan fingerprint density at radius 3 is 2.42 bits per heavy atom. The lowest BCUT2D eigenvalue weighted by molar-refractivity contribution is -0.170. The highest BCUT2D eigenvalue weighted by Crippen LogP contribution is 1.93. The van der Waals surface area contributed by atoms with E-state index in [4.69, 9.17) is 11.5 Å². The first-order chi connectivity index (χ1) is 5.49. The fourth-order valence-electron chi connectivity index (χ4n) is 0.628. The Morgan fingerprint density at radius 2 is 2.08 bits per heavy atom. The van der Waals surface area contributed by atoms with Crippen molar-refractivity contribution >= 4 is 11.8 Å². The molecule has 0 spiro atoms. The van der Waals surface area contributed by atoms with E-state index in [-0.39, 0.29) is 6.42 Å². The zero-order valence-electron chi connectivity index (χ0n) is 7.11. The van der Waals surface area contributed by atoms with Crippen molar-refractivity contribution in [2.45, 2.75) is 12.5 Å². The summed E-state index contributed by atoms with van der Waals surface area (Å²) < 4.78 is 0. The summed E-state index contributed by atoms with van der Waals surface area (Å²) in [5, 5.41) is 0.952. The second-order valence-corrected chi connectivity index (χ2v) is 2.30. The maximum Gasteiger partial charge on any atom is 0.263 e. The fraction of sp³-hybridized carbons (Fsp3) is 0.667. The molecule has 2 amide bonds. The van der Waals surface area contributed by atoms with Crippen molar-refractivity contribution in [2.75, 3.05) is 14.2 Å². The van der Waals surface area contributed by atoms with E-state index in [9.17, 15) is 9.59 Å². The number of primary amides is 1.